The van der Waals surface area contributed by atoms with E-state index in [-0.39, 0.29) is 11.7 Å². The summed E-state index contributed by atoms with van der Waals surface area (Å²) in [6, 6.07) is 19.6. The minimum absolute atomic E-state index is 0.229. The minimum atomic E-state index is -0.301. The SMILES string of the molecule is Cc1nn(-c2ccccc2)c(-n2cccc2)c1C(=O)NCc1ccc(F)cc1. The van der Waals surface area contributed by atoms with Gasteiger partial charge in [-0.25, -0.2) is 9.07 Å². The lowest BCUT2D eigenvalue weighted by Gasteiger charge is -2.11. The van der Waals surface area contributed by atoms with E-state index in [9.17, 15) is 9.18 Å². The molecule has 2 heterocycles. The predicted octanol–water partition coefficient (Wildman–Crippen LogP) is 4.04. The third kappa shape index (κ3) is 3.44. The third-order valence-electron chi connectivity index (χ3n) is 4.48. The van der Waals surface area contributed by atoms with Gasteiger partial charge in [-0.1, -0.05) is 30.3 Å². The van der Waals surface area contributed by atoms with Crippen molar-refractivity contribution in [3.05, 3.63) is 102 Å². The first-order valence-electron chi connectivity index (χ1n) is 8.94. The van der Waals surface area contributed by atoms with Gasteiger partial charge in [-0.3, -0.25) is 4.79 Å². The number of aryl methyl sites for hydroxylation is 1. The molecule has 6 heteroatoms. The molecule has 0 radical (unpaired) electrons. The summed E-state index contributed by atoms with van der Waals surface area (Å²) in [5.74, 6) is 0.142. The minimum Gasteiger partial charge on any atom is -0.348 e. The molecule has 0 aliphatic carbocycles. The number of carbonyl (C=O) groups excluding carboxylic acids is 1. The van der Waals surface area contributed by atoms with E-state index in [0.717, 1.165) is 11.3 Å². The molecule has 140 valence electrons. The monoisotopic (exact) mass is 374 g/mol. The molecule has 0 spiro atoms. The Labute approximate surface area is 162 Å². The molecule has 1 amide bonds. The normalized spacial score (nSPS) is 10.8. The first kappa shape index (κ1) is 17.7. The molecule has 2 aromatic carbocycles. The molecule has 5 nitrogen and oxygen atoms in total. The van der Waals surface area contributed by atoms with Crippen LogP contribution in [0.2, 0.25) is 0 Å². The maximum absolute atomic E-state index is 13.1. The van der Waals surface area contributed by atoms with E-state index in [4.69, 9.17) is 0 Å². The fraction of sp³-hybridized carbons (Fsp3) is 0.0909. The predicted molar refractivity (Wildman–Crippen MR) is 105 cm³/mol. The van der Waals surface area contributed by atoms with E-state index in [0.29, 0.717) is 23.6 Å². The van der Waals surface area contributed by atoms with Crippen molar-refractivity contribution in [3.63, 3.8) is 0 Å². The number of hydrogen-bond acceptors (Lipinski definition) is 2. The van der Waals surface area contributed by atoms with Crippen molar-refractivity contribution in [2.75, 3.05) is 0 Å². The van der Waals surface area contributed by atoms with Crippen LogP contribution in [0.5, 0.6) is 0 Å². The van der Waals surface area contributed by atoms with E-state index in [1.807, 2.05) is 66.3 Å². The Morgan fingerprint density at radius 1 is 1.00 bits per heavy atom. The first-order chi connectivity index (χ1) is 13.6. The molecular formula is C22H19FN4O. The van der Waals surface area contributed by atoms with E-state index < -0.39 is 0 Å². The number of aromatic nitrogens is 3. The number of rotatable bonds is 5. The molecule has 0 saturated heterocycles. The molecule has 4 aromatic rings. The van der Waals surface area contributed by atoms with Crippen LogP contribution in [0.1, 0.15) is 21.6 Å². The number of hydrogen-bond donors (Lipinski definition) is 1. The summed E-state index contributed by atoms with van der Waals surface area (Å²) in [4.78, 5) is 13.0. The van der Waals surface area contributed by atoms with Gasteiger partial charge < -0.3 is 9.88 Å². The number of para-hydroxylation sites is 1. The van der Waals surface area contributed by atoms with Gasteiger partial charge in [0.25, 0.3) is 5.91 Å². The van der Waals surface area contributed by atoms with Crippen LogP contribution in [0.4, 0.5) is 4.39 Å². The van der Waals surface area contributed by atoms with Gasteiger partial charge in [0.1, 0.15) is 11.4 Å². The summed E-state index contributed by atoms with van der Waals surface area (Å²) in [6.45, 7) is 2.12. The maximum atomic E-state index is 13.1. The second-order valence-electron chi connectivity index (χ2n) is 6.43. The van der Waals surface area contributed by atoms with Gasteiger partial charge in [-0.05, 0) is 48.9 Å². The second-order valence-corrected chi connectivity index (χ2v) is 6.43. The number of benzene rings is 2. The molecule has 28 heavy (non-hydrogen) atoms. The molecule has 0 atom stereocenters. The molecule has 0 bridgehead atoms. The van der Waals surface area contributed by atoms with Crippen molar-refractivity contribution in [3.8, 4) is 11.5 Å². The van der Waals surface area contributed by atoms with Crippen molar-refractivity contribution < 1.29 is 9.18 Å². The average Bonchev–Trinajstić information content (AvgIpc) is 3.35. The first-order valence-corrected chi connectivity index (χ1v) is 8.94. The quantitative estimate of drug-likeness (QED) is 0.573. The molecule has 1 N–H and O–H groups in total. The van der Waals surface area contributed by atoms with Crippen molar-refractivity contribution in [2.24, 2.45) is 0 Å². The molecule has 0 unspecified atom stereocenters. The highest BCUT2D eigenvalue weighted by Gasteiger charge is 2.23. The van der Waals surface area contributed by atoms with Gasteiger partial charge >= 0.3 is 0 Å². The molecule has 0 aliphatic heterocycles. The zero-order valence-electron chi connectivity index (χ0n) is 15.3. The fourth-order valence-corrected chi connectivity index (χ4v) is 3.12. The molecule has 2 aromatic heterocycles. The Kier molecular flexibility index (Phi) is 4.76. The summed E-state index contributed by atoms with van der Waals surface area (Å²) in [6.07, 6.45) is 3.76. The number of halogens is 1. The van der Waals surface area contributed by atoms with Gasteiger partial charge in [-0.2, -0.15) is 5.10 Å². The van der Waals surface area contributed by atoms with E-state index in [1.54, 1.807) is 16.8 Å². The summed E-state index contributed by atoms with van der Waals surface area (Å²) in [7, 11) is 0. The number of amides is 1. The molecule has 0 saturated carbocycles. The lowest BCUT2D eigenvalue weighted by atomic mass is 10.2. The van der Waals surface area contributed by atoms with Crippen LogP contribution < -0.4 is 5.32 Å². The number of nitrogens with one attached hydrogen (secondary N) is 1. The maximum Gasteiger partial charge on any atom is 0.257 e. The highest BCUT2D eigenvalue weighted by atomic mass is 19.1. The highest BCUT2D eigenvalue weighted by molar-refractivity contribution is 5.98. The highest BCUT2D eigenvalue weighted by Crippen LogP contribution is 2.23. The van der Waals surface area contributed by atoms with Crippen LogP contribution in [0.25, 0.3) is 11.5 Å². The zero-order valence-corrected chi connectivity index (χ0v) is 15.3. The Bertz CT molecular complexity index is 1080. The summed E-state index contributed by atoms with van der Waals surface area (Å²) in [5, 5.41) is 7.52. The average molecular weight is 374 g/mol. The van der Waals surface area contributed by atoms with Crippen molar-refractivity contribution in [1.82, 2.24) is 19.7 Å². The van der Waals surface area contributed by atoms with Gasteiger partial charge in [0.05, 0.1) is 11.4 Å². The van der Waals surface area contributed by atoms with E-state index in [2.05, 4.69) is 10.4 Å². The van der Waals surface area contributed by atoms with Crippen LogP contribution in [0, 0.1) is 12.7 Å². The lowest BCUT2D eigenvalue weighted by Crippen LogP contribution is -2.24. The third-order valence-corrected chi connectivity index (χ3v) is 4.48. The van der Waals surface area contributed by atoms with E-state index >= 15 is 0 Å². The summed E-state index contributed by atoms with van der Waals surface area (Å²) in [5.41, 5.74) is 2.82. The van der Waals surface area contributed by atoms with Crippen molar-refractivity contribution >= 4 is 5.91 Å². The zero-order chi connectivity index (χ0) is 19.5. The fourth-order valence-electron chi connectivity index (χ4n) is 3.12. The summed E-state index contributed by atoms with van der Waals surface area (Å²) < 4.78 is 16.7. The van der Waals surface area contributed by atoms with Crippen molar-refractivity contribution in [2.45, 2.75) is 13.5 Å². The smallest absolute Gasteiger partial charge is 0.257 e. The van der Waals surface area contributed by atoms with Gasteiger partial charge in [0.2, 0.25) is 0 Å². The van der Waals surface area contributed by atoms with Gasteiger partial charge in [0, 0.05) is 18.9 Å². The van der Waals surface area contributed by atoms with E-state index in [1.165, 1.54) is 12.1 Å². The molecule has 0 aliphatic rings. The Hall–Kier alpha value is -3.67. The van der Waals surface area contributed by atoms with Gasteiger partial charge in [-0.15, -0.1) is 0 Å². The molecule has 0 fully saturated rings. The van der Waals surface area contributed by atoms with Crippen LogP contribution in [0.15, 0.2) is 79.1 Å². The topological polar surface area (TPSA) is 51.9 Å². The Morgan fingerprint density at radius 2 is 1.68 bits per heavy atom. The number of nitrogens with zero attached hydrogens (tertiary/aromatic N) is 3. The van der Waals surface area contributed by atoms with Crippen molar-refractivity contribution in [1.29, 1.82) is 0 Å². The van der Waals surface area contributed by atoms with Crippen LogP contribution in [0.3, 0.4) is 0 Å². The standard InChI is InChI=1S/C22H19FN4O/c1-16-20(21(28)24-15-17-9-11-18(23)12-10-17)22(26-13-5-6-14-26)27(25-16)19-7-3-2-4-8-19/h2-14H,15H2,1H3,(H,24,28). The number of carbonyl (C=O) groups is 1. The second kappa shape index (κ2) is 7.52. The van der Waals surface area contributed by atoms with Crippen LogP contribution in [-0.2, 0) is 6.54 Å². The van der Waals surface area contributed by atoms with Crippen LogP contribution >= 0.6 is 0 Å². The molecule has 4 rings (SSSR count). The summed E-state index contributed by atoms with van der Waals surface area (Å²) >= 11 is 0. The largest absolute Gasteiger partial charge is 0.348 e. The van der Waals surface area contributed by atoms with Gasteiger partial charge in [0.15, 0.2) is 5.82 Å². The molecular weight excluding hydrogens is 355 g/mol. The Morgan fingerprint density at radius 3 is 2.36 bits per heavy atom. The van der Waals surface area contributed by atoms with Crippen LogP contribution in [-0.4, -0.2) is 20.3 Å². The lowest BCUT2D eigenvalue weighted by molar-refractivity contribution is 0.0950. The Balaban J connectivity index is 1.71.